The highest BCUT2D eigenvalue weighted by molar-refractivity contribution is 5.97. The molecule has 400 valence electrons. The molecule has 14 aromatic rings. The summed E-state index contributed by atoms with van der Waals surface area (Å²) in [5.41, 5.74) is 25.2. The molecule has 2 heteroatoms. The van der Waals surface area contributed by atoms with Crippen molar-refractivity contribution in [2.75, 3.05) is 9.80 Å². The van der Waals surface area contributed by atoms with Crippen molar-refractivity contribution < 1.29 is 0 Å². The first-order valence-electron chi connectivity index (χ1n) is 29.3. The number of hydrogen-bond acceptors (Lipinski definition) is 2. The molecule has 85 heavy (non-hydrogen) atoms. The Balaban J connectivity index is 0.828. The first-order valence-corrected chi connectivity index (χ1v) is 29.3. The van der Waals surface area contributed by atoms with E-state index in [1.807, 2.05) is 0 Å². The molecule has 1 aliphatic carbocycles. The van der Waals surface area contributed by atoms with Crippen molar-refractivity contribution in [3.8, 4) is 66.8 Å². The molecule has 0 spiro atoms. The first kappa shape index (κ1) is 50.9. The zero-order valence-electron chi connectivity index (χ0n) is 46.9. The molecule has 0 heterocycles. The van der Waals surface area contributed by atoms with Crippen LogP contribution in [0.1, 0.15) is 22.3 Å². The second-order valence-electron chi connectivity index (χ2n) is 22.0. The zero-order chi connectivity index (χ0) is 56.5. The molecule has 0 amide bonds. The largest absolute Gasteiger partial charge is 0.311 e. The third-order valence-corrected chi connectivity index (χ3v) is 17.1. The first-order chi connectivity index (χ1) is 42.2. The van der Waals surface area contributed by atoms with Crippen LogP contribution in [-0.2, 0) is 5.41 Å². The molecule has 0 atom stereocenters. The summed E-state index contributed by atoms with van der Waals surface area (Å²) in [4.78, 5) is 4.76. The van der Waals surface area contributed by atoms with Crippen LogP contribution in [0.5, 0.6) is 0 Å². The van der Waals surface area contributed by atoms with Crippen molar-refractivity contribution >= 4 is 44.9 Å². The molecular weight excluding hydrogens is 1020 g/mol. The van der Waals surface area contributed by atoms with Gasteiger partial charge in [0.05, 0.1) is 5.41 Å². The van der Waals surface area contributed by atoms with Crippen LogP contribution in [0.4, 0.5) is 34.1 Å². The molecule has 0 aliphatic heterocycles. The Morgan fingerprint density at radius 2 is 0.518 bits per heavy atom. The van der Waals surface area contributed by atoms with Crippen molar-refractivity contribution in [2.45, 2.75) is 5.41 Å². The SMILES string of the molecule is c1ccc(-c2cc(-c3ccc(N(c4ccccc4)c4ccc5c(c4)C(c4ccccc4)(c4ccccc4)c4ccccc4-5)cc3)c(-c3ccccc3)cc2-c2ccc(N(c3ccccc3)c3ccc(-c4ccc5ccccc5c4)cc3)cc2)cc1. The highest BCUT2D eigenvalue weighted by Gasteiger charge is 2.46. The van der Waals surface area contributed by atoms with E-state index in [2.05, 4.69) is 362 Å². The lowest BCUT2D eigenvalue weighted by atomic mass is 9.67. The maximum absolute atomic E-state index is 2.45. The monoisotopic (exact) mass is 1080 g/mol. The smallest absolute Gasteiger partial charge is 0.0714 e. The quantitative estimate of drug-likeness (QED) is 0.114. The molecule has 0 fully saturated rings. The highest BCUT2D eigenvalue weighted by Crippen LogP contribution is 2.57. The minimum atomic E-state index is -0.523. The summed E-state index contributed by atoms with van der Waals surface area (Å²) >= 11 is 0. The lowest BCUT2D eigenvalue weighted by Crippen LogP contribution is -2.28. The summed E-state index contributed by atoms with van der Waals surface area (Å²) in [6.07, 6.45) is 0. The maximum atomic E-state index is 2.45. The van der Waals surface area contributed by atoms with Gasteiger partial charge in [0.2, 0.25) is 0 Å². The maximum Gasteiger partial charge on any atom is 0.0714 e. The van der Waals surface area contributed by atoms with Crippen LogP contribution in [0.15, 0.2) is 352 Å². The van der Waals surface area contributed by atoms with Crippen molar-refractivity contribution in [1.82, 2.24) is 0 Å². The molecule has 1 aliphatic rings. The van der Waals surface area contributed by atoms with Gasteiger partial charge in [0.25, 0.3) is 0 Å². The second-order valence-corrected chi connectivity index (χ2v) is 22.0. The molecule has 0 bridgehead atoms. The zero-order valence-corrected chi connectivity index (χ0v) is 46.9. The van der Waals surface area contributed by atoms with Crippen LogP contribution in [0.25, 0.3) is 77.5 Å². The predicted molar refractivity (Wildman–Crippen MR) is 358 cm³/mol. The molecule has 2 nitrogen and oxygen atoms in total. The molecule has 0 N–H and O–H groups in total. The minimum absolute atomic E-state index is 0.523. The summed E-state index contributed by atoms with van der Waals surface area (Å²) in [6, 6.07) is 129. The van der Waals surface area contributed by atoms with Gasteiger partial charge in [-0.25, -0.2) is 0 Å². The second kappa shape index (κ2) is 22.0. The van der Waals surface area contributed by atoms with Gasteiger partial charge in [0.15, 0.2) is 0 Å². The van der Waals surface area contributed by atoms with E-state index in [0.717, 1.165) is 61.9 Å². The van der Waals surface area contributed by atoms with Crippen molar-refractivity contribution in [3.05, 3.63) is 374 Å². The van der Waals surface area contributed by atoms with Gasteiger partial charge in [-0.2, -0.15) is 0 Å². The lowest BCUT2D eigenvalue weighted by Gasteiger charge is -2.35. The Hall–Kier alpha value is -11.1. The van der Waals surface area contributed by atoms with E-state index in [1.54, 1.807) is 0 Å². The molecule has 0 aromatic heterocycles. The van der Waals surface area contributed by atoms with Crippen molar-refractivity contribution in [1.29, 1.82) is 0 Å². The van der Waals surface area contributed by atoms with Crippen LogP contribution >= 0.6 is 0 Å². The summed E-state index contributed by atoms with van der Waals surface area (Å²) in [5, 5.41) is 2.49. The minimum Gasteiger partial charge on any atom is -0.311 e. The van der Waals surface area contributed by atoms with Crippen LogP contribution in [0.2, 0.25) is 0 Å². The summed E-state index contributed by atoms with van der Waals surface area (Å²) in [6.45, 7) is 0. The van der Waals surface area contributed by atoms with E-state index in [1.165, 1.54) is 72.0 Å². The van der Waals surface area contributed by atoms with Crippen molar-refractivity contribution in [2.24, 2.45) is 0 Å². The fourth-order valence-corrected chi connectivity index (χ4v) is 13.2. The van der Waals surface area contributed by atoms with Gasteiger partial charge < -0.3 is 9.80 Å². The van der Waals surface area contributed by atoms with Gasteiger partial charge in [0, 0.05) is 34.1 Å². The molecule has 14 aromatic carbocycles. The van der Waals surface area contributed by atoms with Gasteiger partial charge in [-0.3, -0.25) is 0 Å². The molecule has 0 unspecified atom stereocenters. The Morgan fingerprint density at radius 3 is 1.01 bits per heavy atom. The Kier molecular flexibility index (Phi) is 13.2. The van der Waals surface area contributed by atoms with E-state index in [-0.39, 0.29) is 0 Å². The van der Waals surface area contributed by atoms with Gasteiger partial charge in [0.1, 0.15) is 0 Å². The van der Waals surface area contributed by atoms with E-state index in [0.29, 0.717) is 0 Å². The van der Waals surface area contributed by atoms with Gasteiger partial charge in [-0.15, -0.1) is 0 Å². The predicted octanol–water partition coefficient (Wildman–Crippen LogP) is 22.5. The summed E-state index contributed by atoms with van der Waals surface area (Å²) in [7, 11) is 0. The molecule has 0 saturated carbocycles. The number of fused-ring (bicyclic) bond motifs is 4. The Labute approximate surface area is 498 Å². The molecular formula is C83H58N2. The molecule has 15 rings (SSSR count). The summed E-state index contributed by atoms with van der Waals surface area (Å²) < 4.78 is 0. The standard InChI is InChI=1S/C83H58N2/c1-7-24-61(25-8-1)77-58-80(64-45-51-73(52-46-64)85(70-35-17-6-18-36-70)74-53-54-76-75-37-21-22-38-81(75)83(82(76)56-74,67-29-11-3-12-30-67)68-31-13-4-14-32-68)78(62-26-9-2-10-27-62)57-79(77)63-43-49-72(50-44-63)84(69-33-15-5-16-34-69)71-47-41-60(42-48-71)66-40-39-59-23-19-20-28-65(59)55-66/h1-58H. The highest BCUT2D eigenvalue weighted by atomic mass is 15.1. The number of hydrogen-bond donors (Lipinski definition) is 0. The average Bonchev–Trinajstić information content (AvgIpc) is 1.61. The molecule has 0 radical (unpaired) electrons. The van der Waals surface area contributed by atoms with Crippen LogP contribution in [0.3, 0.4) is 0 Å². The van der Waals surface area contributed by atoms with Gasteiger partial charge >= 0.3 is 0 Å². The average molecular weight is 1080 g/mol. The number of benzene rings is 14. The Bertz CT molecular complexity index is 4600. The number of nitrogens with zero attached hydrogens (tertiary/aromatic N) is 2. The third-order valence-electron chi connectivity index (χ3n) is 17.1. The van der Waals surface area contributed by atoms with E-state index < -0.39 is 5.41 Å². The van der Waals surface area contributed by atoms with Crippen LogP contribution in [0, 0.1) is 0 Å². The topological polar surface area (TPSA) is 6.48 Å². The number of rotatable bonds is 13. The normalized spacial score (nSPS) is 12.1. The lowest BCUT2D eigenvalue weighted by molar-refractivity contribution is 0.768. The van der Waals surface area contributed by atoms with Crippen molar-refractivity contribution in [3.63, 3.8) is 0 Å². The molecule has 0 saturated heterocycles. The fourth-order valence-electron chi connectivity index (χ4n) is 13.2. The van der Waals surface area contributed by atoms with E-state index in [9.17, 15) is 0 Å². The van der Waals surface area contributed by atoms with Gasteiger partial charge in [-0.1, -0.05) is 261 Å². The fraction of sp³-hybridized carbons (Fsp3) is 0.0120. The Morgan fingerprint density at radius 1 is 0.176 bits per heavy atom. The van der Waals surface area contributed by atoms with E-state index in [4.69, 9.17) is 0 Å². The number of para-hydroxylation sites is 2. The van der Waals surface area contributed by atoms with Gasteiger partial charge in [-0.05, 0) is 191 Å². The number of anilines is 6. The van der Waals surface area contributed by atoms with Crippen LogP contribution < -0.4 is 9.80 Å². The van der Waals surface area contributed by atoms with E-state index >= 15 is 0 Å². The van der Waals surface area contributed by atoms with Crippen LogP contribution in [-0.4, -0.2) is 0 Å². The summed E-state index contributed by atoms with van der Waals surface area (Å²) in [5.74, 6) is 0. The third kappa shape index (κ3) is 9.27.